The first-order chi connectivity index (χ1) is 26.5. The highest BCUT2D eigenvalue weighted by molar-refractivity contribution is 5.71. The predicted octanol–water partition coefficient (Wildman–Crippen LogP) is 15.3. The number of esters is 3. The van der Waals surface area contributed by atoms with Gasteiger partial charge < -0.3 is 14.2 Å². The Bertz CT molecular complexity index is 798. The van der Waals surface area contributed by atoms with Crippen molar-refractivity contribution in [1.29, 1.82) is 0 Å². The van der Waals surface area contributed by atoms with Crippen molar-refractivity contribution in [3.8, 4) is 0 Å². The Hall–Kier alpha value is -1.59. The molecule has 54 heavy (non-hydrogen) atoms. The zero-order chi connectivity index (χ0) is 39.4. The first-order valence-electron chi connectivity index (χ1n) is 24.0. The minimum Gasteiger partial charge on any atom is -0.462 e. The van der Waals surface area contributed by atoms with Gasteiger partial charge in [0.05, 0.1) is 0 Å². The minimum atomic E-state index is -0.757. The molecule has 6 heteroatoms. The molecule has 0 fully saturated rings. The summed E-state index contributed by atoms with van der Waals surface area (Å²) in [5, 5.41) is 0. The van der Waals surface area contributed by atoms with Crippen LogP contribution in [0.1, 0.15) is 271 Å². The number of unbranched alkanes of at least 4 members (excludes halogenated alkanes) is 33. The van der Waals surface area contributed by atoms with Gasteiger partial charge in [-0.05, 0) is 19.3 Å². The second-order valence-corrected chi connectivity index (χ2v) is 16.4. The molecule has 0 aromatic carbocycles. The summed E-state index contributed by atoms with van der Waals surface area (Å²) in [6.45, 7) is 6.63. The van der Waals surface area contributed by atoms with Gasteiger partial charge in [-0.1, -0.05) is 233 Å². The summed E-state index contributed by atoms with van der Waals surface area (Å²) in [7, 11) is 0. The highest BCUT2D eigenvalue weighted by atomic mass is 16.6. The summed E-state index contributed by atoms with van der Waals surface area (Å²) >= 11 is 0. The standard InChI is InChI=1S/C48H92O6/c1-4-7-10-13-16-18-20-22-24-26-27-29-32-35-38-41-47(50)53-44-45(43-52-46(49)40-37-34-31-15-12-9-6-3)54-48(51)42-39-36-33-30-28-25-23-21-19-17-14-11-8-5-2/h45H,4-44H2,1-3H3/t45-/m1/s1. The van der Waals surface area contributed by atoms with Gasteiger partial charge in [0.1, 0.15) is 13.2 Å². The molecule has 0 heterocycles. The van der Waals surface area contributed by atoms with E-state index in [4.69, 9.17) is 14.2 Å². The molecule has 0 amide bonds. The quantitative estimate of drug-likeness (QED) is 0.0349. The Morgan fingerprint density at radius 3 is 0.741 bits per heavy atom. The van der Waals surface area contributed by atoms with Gasteiger partial charge in [-0.2, -0.15) is 0 Å². The van der Waals surface area contributed by atoms with Crippen molar-refractivity contribution in [2.45, 2.75) is 277 Å². The fourth-order valence-electron chi connectivity index (χ4n) is 7.21. The molecule has 0 aromatic heterocycles. The van der Waals surface area contributed by atoms with Gasteiger partial charge in [-0.3, -0.25) is 14.4 Å². The van der Waals surface area contributed by atoms with Crippen LogP contribution in [0.4, 0.5) is 0 Å². The SMILES string of the molecule is CCCCCCCCCCCCCCCCCC(=O)OC[C@@H](COC(=O)CCCCCCCCC)OC(=O)CCCCCCCCCCCCCCCC. The van der Waals surface area contributed by atoms with Crippen LogP contribution in [-0.2, 0) is 28.6 Å². The molecule has 0 saturated heterocycles. The summed E-state index contributed by atoms with van der Waals surface area (Å²) in [4.78, 5) is 37.7. The van der Waals surface area contributed by atoms with Crippen LogP contribution in [0.2, 0.25) is 0 Å². The molecule has 0 rings (SSSR count). The van der Waals surface area contributed by atoms with Crippen molar-refractivity contribution >= 4 is 17.9 Å². The maximum Gasteiger partial charge on any atom is 0.306 e. The van der Waals surface area contributed by atoms with E-state index in [0.29, 0.717) is 19.3 Å². The average Bonchev–Trinajstić information content (AvgIpc) is 3.17. The Morgan fingerprint density at radius 1 is 0.296 bits per heavy atom. The van der Waals surface area contributed by atoms with Crippen LogP contribution in [0.15, 0.2) is 0 Å². The van der Waals surface area contributed by atoms with Crippen molar-refractivity contribution in [3.63, 3.8) is 0 Å². The minimum absolute atomic E-state index is 0.0627. The van der Waals surface area contributed by atoms with E-state index in [-0.39, 0.29) is 31.1 Å². The molecule has 0 aliphatic carbocycles. The fraction of sp³-hybridized carbons (Fsp3) is 0.938. The molecule has 0 unspecified atom stereocenters. The van der Waals surface area contributed by atoms with Gasteiger partial charge in [0.15, 0.2) is 6.10 Å². The maximum absolute atomic E-state index is 12.7. The molecule has 0 N–H and O–H groups in total. The predicted molar refractivity (Wildman–Crippen MR) is 229 cm³/mol. The molecular weight excluding hydrogens is 673 g/mol. The average molecular weight is 765 g/mol. The van der Waals surface area contributed by atoms with Gasteiger partial charge in [0, 0.05) is 19.3 Å². The molecule has 0 aromatic rings. The van der Waals surface area contributed by atoms with Gasteiger partial charge in [0.2, 0.25) is 0 Å². The smallest absolute Gasteiger partial charge is 0.306 e. The van der Waals surface area contributed by atoms with E-state index in [1.807, 2.05) is 0 Å². The lowest BCUT2D eigenvalue weighted by Gasteiger charge is -2.18. The van der Waals surface area contributed by atoms with Gasteiger partial charge >= 0.3 is 17.9 Å². The van der Waals surface area contributed by atoms with Crippen LogP contribution in [-0.4, -0.2) is 37.2 Å². The number of ether oxygens (including phenoxy) is 3. The van der Waals surface area contributed by atoms with Crippen LogP contribution in [0.5, 0.6) is 0 Å². The molecule has 0 bridgehead atoms. The molecule has 6 nitrogen and oxygen atoms in total. The van der Waals surface area contributed by atoms with E-state index in [9.17, 15) is 14.4 Å². The number of rotatable bonds is 44. The van der Waals surface area contributed by atoms with Gasteiger partial charge in [-0.15, -0.1) is 0 Å². The first-order valence-corrected chi connectivity index (χ1v) is 24.0. The number of hydrogen-bond donors (Lipinski definition) is 0. The van der Waals surface area contributed by atoms with E-state index in [2.05, 4.69) is 20.8 Å². The Balaban J connectivity index is 4.23. The van der Waals surface area contributed by atoms with Crippen molar-refractivity contribution in [1.82, 2.24) is 0 Å². The molecule has 0 radical (unpaired) electrons. The van der Waals surface area contributed by atoms with Crippen molar-refractivity contribution < 1.29 is 28.6 Å². The summed E-state index contributed by atoms with van der Waals surface area (Å²) in [5.41, 5.74) is 0. The topological polar surface area (TPSA) is 78.9 Å². The summed E-state index contributed by atoms with van der Waals surface area (Å²) in [6.07, 6.45) is 45.2. The lowest BCUT2D eigenvalue weighted by molar-refractivity contribution is -0.167. The molecular formula is C48H92O6. The highest BCUT2D eigenvalue weighted by Gasteiger charge is 2.19. The molecule has 0 aliphatic heterocycles. The Labute approximate surface area is 336 Å². The number of carbonyl (C=O) groups is 3. The van der Waals surface area contributed by atoms with E-state index in [1.54, 1.807) is 0 Å². The second-order valence-electron chi connectivity index (χ2n) is 16.4. The summed E-state index contributed by atoms with van der Waals surface area (Å²) in [6, 6.07) is 0. The van der Waals surface area contributed by atoms with Crippen LogP contribution < -0.4 is 0 Å². The molecule has 0 aliphatic rings. The number of hydrogen-bond acceptors (Lipinski definition) is 6. The van der Waals surface area contributed by atoms with Gasteiger partial charge in [-0.25, -0.2) is 0 Å². The fourth-order valence-corrected chi connectivity index (χ4v) is 7.21. The largest absolute Gasteiger partial charge is 0.462 e. The van der Waals surface area contributed by atoms with E-state index < -0.39 is 6.10 Å². The lowest BCUT2D eigenvalue weighted by atomic mass is 10.0. The summed E-state index contributed by atoms with van der Waals surface area (Å²) in [5.74, 6) is -0.853. The molecule has 1 atom stereocenters. The third kappa shape index (κ3) is 41.6. The van der Waals surface area contributed by atoms with Crippen LogP contribution >= 0.6 is 0 Å². The van der Waals surface area contributed by atoms with Crippen LogP contribution in [0, 0.1) is 0 Å². The van der Waals surface area contributed by atoms with Gasteiger partial charge in [0.25, 0.3) is 0 Å². The molecule has 0 spiro atoms. The normalized spacial score (nSPS) is 11.8. The zero-order valence-corrected chi connectivity index (χ0v) is 36.5. The van der Waals surface area contributed by atoms with E-state index in [0.717, 1.165) is 57.8 Å². The third-order valence-corrected chi connectivity index (χ3v) is 10.9. The molecule has 320 valence electrons. The highest BCUT2D eigenvalue weighted by Crippen LogP contribution is 2.16. The Morgan fingerprint density at radius 2 is 0.500 bits per heavy atom. The Kier molecular flexibility index (Phi) is 42.8. The van der Waals surface area contributed by atoms with Crippen molar-refractivity contribution in [2.75, 3.05) is 13.2 Å². The van der Waals surface area contributed by atoms with Crippen molar-refractivity contribution in [2.24, 2.45) is 0 Å². The second kappa shape index (κ2) is 44.1. The lowest BCUT2D eigenvalue weighted by Crippen LogP contribution is -2.30. The monoisotopic (exact) mass is 765 g/mol. The third-order valence-electron chi connectivity index (χ3n) is 10.9. The van der Waals surface area contributed by atoms with E-state index >= 15 is 0 Å². The molecule has 0 saturated carbocycles. The van der Waals surface area contributed by atoms with Crippen LogP contribution in [0.25, 0.3) is 0 Å². The summed E-state index contributed by atoms with van der Waals surface area (Å²) < 4.78 is 16.7. The van der Waals surface area contributed by atoms with Crippen molar-refractivity contribution in [3.05, 3.63) is 0 Å². The first kappa shape index (κ1) is 52.4. The maximum atomic E-state index is 12.7. The van der Waals surface area contributed by atoms with Crippen LogP contribution in [0.3, 0.4) is 0 Å². The van der Waals surface area contributed by atoms with E-state index in [1.165, 1.54) is 173 Å². The zero-order valence-electron chi connectivity index (χ0n) is 36.5. The number of carbonyl (C=O) groups excluding carboxylic acids is 3.